The molecule has 2 aromatic carbocycles. The van der Waals surface area contributed by atoms with E-state index in [1.807, 2.05) is 37.3 Å². The number of nitrogens with zero attached hydrogens (tertiary/aromatic N) is 1. The number of aryl methyl sites for hydroxylation is 2. The topological polar surface area (TPSA) is 48.1 Å². The van der Waals surface area contributed by atoms with Crippen molar-refractivity contribution in [2.75, 3.05) is 0 Å². The number of thiocarbonyl (C=S) groups is 1. The van der Waals surface area contributed by atoms with Crippen molar-refractivity contribution in [2.45, 2.75) is 39.9 Å². The summed E-state index contributed by atoms with van der Waals surface area (Å²) in [4.78, 5) is 19.3. The van der Waals surface area contributed by atoms with Crippen molar-refractivity contribution >= 4 is 39.6 Å². The summed E-state index contributed by atoms with van der Waals surface area (Å²) >= 11 is 7.50. The third-order valence-electron chi connectivity index (χ3n) is 5.84. The molecule has 6 heteroatoms. The van der Waals surface area contributed by atoms with E-state index in [-0.39, 0.29) is 11.6 Å². The van der Waals surface area contributed by atoms with Crippen LogP contribution in [0.4, 0.5) is 0 Å². The Bertz CT molecular complexity index is 1280. The molecule has 0 spiro atoms. The molecule has 0 radical (unpaired) electrons. The van der Waals surface area contributed by atoms with Gasteiger partial charge < -0.3 is 15.2 Å². The van der Waals surface area contributed by atoms with E-state index >= 15 is 0 Å². The largest absolute Gasteiger partial charge is 0.356 e. The number of pyridine rings is 1. The first-order valence-electron chi connectivity index (χ1n) is 10.7. The second-order valence-electron chi connectivity index (χ2n) is 8.11. The second-order valence-corrected chi connectivity index (χ2v) is 9.53. The molecule has 0 unspecified atom stereocenters. The molecule has 4 nitrogen and oxygen atoms in total. The predicted octanol–water partition coefficient (Wildman–Crippen LogP) is 5.84. The maximum Gasteiger partial charge on any atom is 0.253 e. The zero-order chi connectivity index (χ0) is 22.7. The lowest BCUT2D eigenvalue weighted by molar-refractivity contribution is 0.395. The van der Waals surface area contributed by atoms with E-state index in [0.29, 0.717) is 23.8 Å². The monoisotopic (exact) mass is 461 g/mol. The molecule has 0 aliphatic carbocycles. The standard InChI is InChI=1S/C26H27N3OS2/c1-17-11-12-21-14-22(25(30)28-24(21)18(17)2)15-29(16-23-10-7-13-32-23)26(31)27-19(3)20-8-5-4-6-9-20/h4-14,19H,15-16H2,1-3H3,(H,27,31)(H,28,30)/t19-/m1/s1. The summed E-state index contributed by atoms with van der Waals surface area (Å²) in [6, 6.07) is 20.6. The third kappa shape index (κ3) is 4.92. The Kier molecular flexibility index (Phi) is 6.72. The SMILES string of the molecule is Cc1ccc2cc(CN(Cc3cccs3)C(=S)N[C@H](C)c3ccccc3)c(=O)[nH]c2c1C. The van der Waals surface area contributed by atoms with Gasteiger partial charge in [-0.2, -0.15) is 0 Å². The molecule has 4 rings (SSSR count). The molecule has 2 aromatic heterocycles. The van der Waals surface area contributed by atoms with Crippen LogP contribution < -0.4 is 10.9 Å². The van der Waals surface area contributed by atoms with Crippen LogP contribution in [0.3, 0.4) is 0 Å². The summed E-state index contributed by atoms with van der Waals surface area (Å²) in [5, 5.41) is 7.18. The second kappa shape index (κ2) is 9.67. The summed E-state index contributed by atoms with van der Waals surface area (Å²) in [6.07, 6.45) is 0. The van der Waals surface area contributed by atoms with Gasteiger partial charge in [-0.25, -0.2) is 0 Å². The molecule has 32 heavy (non-hydrogen) atoms. The van der Waals surface area contributed by atoms with Crippen LogP contribution in [0.5, 0.6) is 0 Å². The van der Waals surface area contributed by atoms with Crippen LogP contribution in [0.25, 0.3) is 10.9 Å². The van der Waals surface area contributed by atoms with Gasteiger partial charge in [-0.15, -0.1) is 11.3 Å². The average Bonchev–Trinajstić information content (AvgIpc) is 3.30. The van der Waals surface area contributed by atoms with Crippen LogP contribution in [0.2, 0.25) is 0 Å². The van der Waals surface area contributed by atoms with Gasteiger partial charge in [-0.05, 0) is 72.6 Å². The third-order valence-corrected chi connectivity index (χ3v) is 7.08. The number of aromatic amines is 1. The Morgan fingerprint density at radius 2 is 1.88 bits per heavy atom. The number of aromatic nitrogens is 1. The molecule has 0 fully saturated rings. The van der Waals surface area contributed by atoms with E-state index in [9.17, 15) is 4.79 Å². The highest BCUT2D eigenvalue weighted by atomic mass is 32.1. The summed E-state index contributed by atoms with van der Waals surface area (Å²) in [6.45, 7) is 7.28. The van der Waals surface area contributed by atoms with Gasteiger partial charge in [0.2, 0.25) is 0 Å². The quantitative estimate of drug-likeness (QED) is 0.354. The molecule has 2 N–H and O–H groups in total. The highest BCUT2D eigenvalue weighted by Crippen LogP contribution is 2.21. The lowest BCUT2D eigenvalue weighted by Gasteiger charge is -2.28. The first kappa shape index (κ1) is 22.2. The Labute approximate surface area is 197 Å². The molecule has 0 amide bonds. The lowest BCUT2D eigenvalue weighted by atomic mass is 10.0. The van der Waals surface area contributed by atoms with Crippen LogP contribution in [-0.2, 0) is 13.1 Å². The zero-order valence-corrected chi connectivity index (χ0v) is 20.1. The molecule has 0 saturated heterocycles. The van der Waals surface area contributed by atoms with Crippen molar-refractivity contribution in [1.82, 2.24) is 15.2 Å². The minimum Gasteiger partial charge on any atom is -0.356 e. The average molecular weight is 462 g/mol. The van der Waals surface area contributed by atoms with E-state index in [2.05, 4.69) is 64.8 Å². The fraction of sp³-hybridized carbons (Fsp3) is 0.231. The molecule has 2 heterocycles. The number of rotatable bonds is 6. The number of nitrogens with one attached hydrogen (secondary N) is 2. The first-order valence-corrected chi connectivity index (χ1v) is 12.0. The summed E-state index contributed by atoms with van der Waals surface area (Å²) in [5.74, 6) is 0. The number of thiophene rings is 1. The maximum atomic E-state index is 13.0. The van der Waals surface area contributed by atoms with Crippen LogP contribution in [0.15, 0.2) is 70.8 Å². The Balaban J connectivity index is 1.62. The van der Waals surface area contributed by atoms with Crippen LogP contribution in [-0.4, -0.2) is 15.0 Å². The van der Waals surface area contributed by atoms with Crippen molar-refractivity contribution < 1.29 is 0 Å². The number of H-pyrrole nitrogens is 1. The Morgan fingerprint density at radius 1 is 1.09 bits per heavy atom. The molecule has 0 saturated carbocycles. The van der Waals surface area contributed by atoms with Crippen LogP contribution >= 0.6 is 23.6 Å². The molecule has 1 atom stereocenters. The van der Waals surface area contributed by atoms with E-state index in [4.69, 9.17) is 12.2 Å². The molecular weight excluding hydrogens is 434 g/mol. The lowest BCUT2D eigenvalue weighted by Crippen LogP contribution is -2.40. The van der Waals surface area contributed by atoms with Crippen LogP contribution in [0.1, 0.15) is 40.1 Å². The number of benzene rings is 2. The summed E-state index contributed by atoms with van der Waals surface area (Å²) in [7, 11) is 0. The Hall–Kier alpha value is -2.96. The van der Waals surface area contributed by atoms with Crippen molar-refractivity contribution in [3.63, 3.8) is 0 Å². The fourth-order valence-electron chi connectivity index (χ4n) is 3.78. The molecule has 4 aromatic rings. The van der Waals surface area contributed by atoms with Crippen molar-refractivity contribution in [1.29, 1.82) is 0 Å². The number of hydrogen-bond donors (Lipinski definition) is 2. The fourth-order valence-corrected chi connectivity index (χ4v) is 4.81. The number of fused-ring (bicyclic) bond motifs is 1. The van der Waals surface area contributed by atoms with Gasteiger partial charge in [0.25, 0.3) is 5.56 Å². The van der Waals surface area contributed by atoms with Gasteiger partial charge in [-0.1, -0.05) is 48.5 Å². The van der Waals surface area contributed by atoms with Crippen molar-refractivity contribution in [3.8, 4) is 0 Å². The number of hydrogen-bond acceptors (Lipinski definition) is 3. The summed E-state index contributed by atoms with van der Waals surface area (Å²) in [5.41, 5.74) is 4.98. The van der Waals surface area contributed by atoms with E-state index in [1.165, 1.54) is 16.0 Å². The molecule has 164 valence electrons. The Morgan fingerprint density at radius 3 is 2.59 bits per heavy atom. The zero-order valence-electron chi connectivity index (χ0n) is 18.5. The molecule has 0 aliphatic heterocycles. The molecule has 0 aliphatic rings. The van der Waals surface area contributed by atoms with E-state index < -0.39 is 0 Å². The van der Waals surface area contributed by atoms with Crippen molar-refractivity contribution in [3.05, 3.63) is 104 Å². The van der Waals surface area contributed by atoms with Gasteiger partial charge in [0, 0.05) is 10.4 Å². The first-order chi connectivity index (χ1) is 15.4. The smallest absolute Gasteiger partial charge is 0.253 e. The highest BCUT2D eigenvalue weighted by molar-refractivity contribution is 7.80. The van der Waals surface area contributed by atoms with Gasteiger partial charge in [0.15, 0.2) is 5.11 Å². The highest BCUT2D eigenvalue weighted by Gasteiger charge is 2.17. The predicted molar refractivity (Wildman–Crippen MR) is 138 cm³/mol. The molecule has 0 bridgehead atoms. The maximum absolute atomic E-state index is 13.0. The van der Waals surface area contributed by atoms with E-state index in [1.54, 1.807) is 11.3 Å². The minimum absolute atomic E-state index is 0.0649. The normalized spacial score (nSPS) is 12.0. The van der Waals surface area contributed by atoms with Gasteiger partial charge in [-0.3, -0.25) is 4.79 Å². The van der Waals surface area contributed by atoms with Gasteiger partial charge in [0.05, 0.1) is 24.6 Å². The summed E-state index contributed by atoms with van der Waals surface area (Å²) < 4.78 is 0. The van der Waals surface area contributed by atoms with Crippen LogP contribution in [0, 0.1) is 13.8 Å². The van der Waals surface area contributed by atoms with Gasteiger partial charge in [0.1, 0.15) is 0 Å². The minimum atomic E-state index is -0.0683. The van der Waals surface area contributed by atoms with E-state index in [0.717, 1.165) is 16.5 Å². The van der Waals surface area contributed by atoms with Crippen molar-refractivity contribution in [2.24, 2.45) is 0 Å². The van der Waals surface area contributed by atoms with Gasteiger partial charge >= 0.3 is 0 Å². The molecular formula is C26H27N3OS2.